The van der Waals surface area contributed by atoms with Gasteiger partial charge in [-0.25, -0.2) is 0 Å². The van der Waals surface area contributed by atoms with E-state index in [0.29, 0.717) is 19.5 Å². The van der Waals surface area contributed by atoms with Crippen LogP contribution in [0.3, 0.4) is 0 Å². The minimum absolute atomic E-state index is 0.0598. The summed E-state index contributed by atoms with van der Waals surface area (Å²) in [4.78, 5) is 15.9. The molecule has 0 radical (unpaired) electrons. The van der Waals surface area contributed by atoms with Crippen LogP contribution in [0.2, 0.25) is 0 Å². The molecular weight excluding hydrogens is 262 g/mol. The lowest BCUT2D eigenvalue weighted by molar-refractivity contribution is -0.121. The molecule has 4 nitrogen and oxygen atoms in total. The van der Waals surface area contributed by atoms with Crippen LogP contribution in [-0.2, 0) is 17.9 Å². The Morgan fingerprint density at radius 1 is 1.10 bits per heavy atom. The van der Waals surface area contributed by atoms with Crippen molar-refractivity contribution in [2.24, 2.45) is 0 Å². The van der Waals surface area contributed by atoms with Gasteiger partial charge in [-0.15, -0.1) is 0 Å². The molecule has 0 aliphatic heterocycles. The maximum Gasteiger partial charge on any atom is 0.222 e. The van der Waals surface area contributed by atoms with E-state index >= 15 is 0 Å². The number of carbonyl (C=O) groups is 1. The number of hydrogen-bond acceptors (Lipinski definition) is 2. The zero-order chi connectivity index (χ0) is 14.5. The van der Waals surface area contributed by atoms with E-state index in [2.05, 4.69) is 33.1 Å². The summed E-state index contributed by atoms with van der Waals surface area (Å²) in [6.07, 6.45) is 5.96. The van der Waals surface area contributed by atoms with Gasteiger partial charge in [-0.05, 0) is 35.2 Å². The van der Waals surface area contributed by atoms with Gasteiger partial charge in [-0.1, -0.05) is 18.2 Å². The number of nitrogens with one attached hydrogen (secondary N) is 1. The standard InChI is InChI=1S/C17H17N3O/c21-17(19-13-14-5-9-18-10-6-14)8-12-20-11-7-15-3-1-2-4-16(15)20/h1-7,9-11H,8,12-13H2,(H,19,21). The second-order valence-corrected chi connectivity index (χ2v) is 4.95. The monoisotopic (exact) mass is 279 g/mol. The molecule has 1 amide bonds. The first kappa shape index (κ1) is 13.4. The fraction of sp³-hybridized carbons (Fsp3) is 0.176. The Kier molecular flexibility index (Phi) is 3.96. The van der Waals surface area contributed by atoms with E-state index in [-0.39, 0.29) is 5.91 Å². The third kappa shape index (κ3) is 3.28. The predicted octanol–water partition coefficient (Wildman–Crippen LogP) is 2.74. The number of fused-ring (bicyclic) bond motifs is 1. The minimum atomic E-state index is 0.0598. The molecule has 1 aromatic carbocycles. The average molecular weight is 279 g/mol. The molecule has 0 spiro atoms. The zero-order valence-electron chi connectivity index (χ0n) is 11.7. The molecule has 2 aromatic heterocycles. The van der Waals surface area contributed by atoms with Crippen LogP contribution in [0.25, 0.3) is 10.9 Å². The van der Waals surface area contributed by atoms with Gasteiger partial charge in [-0.2, -0.15) is 0 Å². The van der Waals surface area contributed by atoms with Crippen LogP contribution < -0.4 is 5.32 Å². The highest BCUT2D eigenvalue weighted by molar-refractivity contribution is 5.80. The molecule has 2 heterocycles. The number of pyridine rings is 1. The van der Waals surface area contributed by atoms with E-state index < -0.39 is 0 Å². The van der Waals surface area contributed by atoms with Crippen molar-refractivity contribution >= 4 is 16.8 Å². The number of aromatic nitrogens is 2. The Morgan fingerprint density at radius 2 is 1.90 bits per heavy atom. The molecule has 0 fully saturated rings. The first-order valence-electron chi connectivity index (χ1n) is 7.02. The van der Waals surface area contributed by atoms with Gasteiger partial charge in [-0.3, -0.25) is 9.78 Å². The van der Waals surface area contributed by atoms with Crippen LogP contribution >= 0.6 is 0 Å². The Morgan fingerprint density at radius 3 is 2.76 bits per heavy atom. The Hall–Kier alpha value is -2.62. The maximum atomic E-state index is 11.9. The highest BCUT2D eigenvalue weighted by Gasteiger charge is 2.04. The Labute approximate surface area is 123 Å². The van der Waals surface area contributed by atoms with Crippen LogP contribution in [0.4, 0.5) is 0 Å². The highest BCUT2D eigenvalue weighted by atomic mass is 16.1. The van der Waals surface area contributed by atoms with Gasteiger partial charge in [0.05, 0.1) is 0 Å². The van der Waals surface area contributed by atoms with E-state index in [4.69, 9.17) is 0 Å². The van der Waals surface area contributed by atoms with Gasteiger partial charge in [0, 0.05) is 43.6 Å². The summed E-state index contributed by atoms with van der Waals surface area (Å²) in [5.41, 5.74) is 2.23. The molecule has 1 N–H and O–H groups in total. The molecule has 0 aliphatic rings. The molecule has 106 valence electrons. The fourth-order valence-electron chi connectivity index (χ4n) is 2.35. The number of nitrogens with zero attached hydrogens (tertiary/aromatic N) is 2. The van der Waals surface area contributed by atoms with E-state index in [0.717, 1.165) is 5.56 Å². The van der Waals surface area contributed by atoms with Crippen molar-refractivity contribution in [3.05, 3.63) is 66.6 Å². The lowest BCUT2D eigenvalue weighted by atomic mass is 10.2. The normalized spacial score (nSPS) is 10.7. The summed E-state index contributed by atoms with van der Waals surface area (Å²) in [7, 11) is 0. The Balaban J connectivity index is 1.54. The Bertz CT molecular complexity index is 734. The van der Waals surface area contributed by atoms with Gasteiger partial charge in [0.1, 0.15) is 0 Å². The first-order chi connectivity index (χ1) is 10.3. The highest BCUT2D eigenvalue weighted by Crippen LogP contribution is 2.15. The van der Waals surface area contributed by atoms with E-state index in [9.17, 15) is 4.79 Å². The second kappa shape index (κ2) is 6.22. The summed E-state index contributed by atoms with van der Waals surface area (Å²) >= 11 is 0. The summed E-state index contributed by atoms with van der Waals surface area (Å²) < 4.78 is 2.11. The second-order valence-electron chi connectivity index (χ2n) is 4.95. The molecular formula is C17H17N3O. The smallest absolute Gasteiger partial charge is 0.222 e. The van der Waals surface area contributed by atoms with E-state index in [1.807, 2.05) is 30.5 Å². The molecule has 21 heavy (non-hydrogen) atoms. The van der Waals surface area contributed by atoms with Crippen molar-refractivity contribution in [3.63, 3.8) is 0 Å². The number of aryl methyl sites for hydroxylation is 1. The molecule has 3 aromatic rings. The SMILES string of the molecule is O=C(CCn1ccc2ccccc21)NCc1ccncc1. The lowest BCUT2D eigenvalue weighted by Crippen LogP contribution is -2.23. The van der Waals surface area contributed by atoms with Gasteiger partial charge < -0.3 is 9.88 Å². The molecule has 0 aliphatic carbocycles. The van der Waals surface area contributed by atoms with Crippen molar-refractivity contribution in [1.82, 2.24) is 14.9 Å². The van der Waals surface area contributed by atoms with E-state index in [1.54, 1.807) is 12.4 Å². The molecule has 0 saturated carbocycles. The summed E-state index contributed by atoms with van der Waals surface area (Å²) in [5.74, 6) is 0.0598. The van der Waals surface area contributed by atoms with Crippen LogP contribution in [0.5, 0.6) is 0 Å². The van der Waals surface area contributed by atoms with Crippen molar-refractivity contribution in [2.75, 3.05) is 0 Å². The van der Waals surface area contributed by atoms with E-state index in [1.165, 1.54) is 10.9 Å². The topological polar surface area (TPSA) is 46.9 Å². The lowest BCUT2D eigenvalue weighted by Gasteiger charge is -2.07. The molecule has 3 rings (SSSR count). The van der Waals surface area contributed by atoms with Crippen LogP contribution in [-0.4, -0.2) is 15.5 Å². The minimum Gasteiger partial charge on any atom is -0.352 e. The molecule has 0 unspecified atom stereocenters. The van der Waals surface area contributed by atoms with Crippen LogP contribution in [0.15, 0.2) is 61.1 Å². The average Bonchev–Trinajstić information content (AvgIpc) is 2.95. The van der Waals surface area contributed by atoms with Crippen molar-refractivity contribution < 1.29 is 4.79 Å². The summed E-state index contributed by atoms with van der Waals surface area (Å²) in [6, 6.07) is 14.1. The number of hydrogen-bond donors (Lipinski definition) is 1. The number of benzene rings is 1. The van der Waals surface area contributed by atoms with Crippen molar-refractivity contribution in [2.45, 2.75) is 19.5 Å². The zero-order valence-corrected chi connectivity index (χ0v) is 11.7. The quantitative estimate of drug-likeness (QED) is 0.780. The van der Waals surface area contributed by atoms with Gasteiger partial charge in [0.2, 0.25) is 5.91 Å². The van der Waals surface area contributed by atoms with Crippen molar-refractivity contribution in [3.8, 4) is 0 Å². The summed E-state index contributed by atoms with van der Waals surface area (Å²) in [5, 5.41) is 4.13. The number of rotatable bonds is 5. The third-order valence-electron chi connectivity index (χ3n) is 3.50. The number of amides is 1. The molecule has 0 atom stereocenters. The molecule has 0 bridgehead atoms. The van der Waals surface area contributed by atoms with Crippen LogP contribution in [0.1, 0.15) is 12.0 Å². The first-order valence-corrected chi connectivity index (χ1v) is 7.02. The fourth-order valence-corrected chi connectivity index (χ4v) is 2.35. The molecule has 4 heteroatoms. The maximum absolute atomic E-state index is 11.9. The number of para-hydroxylation sites is 1. The molecule has 0 saturated heterocycles. The third-order valence-corrected chi connectivity index (χ3v) is 3.50. The van der Waals surface area contributed by atoms with Crippen LogP contribution in [0, 0.1) is 0 Å². The number of carbonyl (C=O) groups excluding carboxylic acids is 1. The predicted molar refractivity (Wildman–Crippen MR) is 82.6 cm³/mol. The largest absolute Gasteiger partial charge is 0.352 e. The van der Waals surface area contributed by atoms with Gasteiger partial charge >= 0.3 is 0 Å². The van der Waals surface area contributed by atoms with Crippen molar-refractivity contribution in [1.29, 1.82) is 0 Å². The van der Waals surface area contributed by atoms with Gasteiger partial charge in [0.15, 0.2) is 0 Å². The van der Waals surface area contributed by atoms with Gasteiger partial charge in [0.25, 0.3) is 0 Å². The summed E-state index contributed by atoms with van der Waals surface area (Å²) in [6.45, 7) is 1.24.